The number of nitrogens with zero attached hydrogens (tertiary/aromatic N) is 1. The minimum atomic E-state index is 0.138. The van der Waals surface area contributed by atoms with Crippen LogP contribution in [-0.4, -0.2) is 10.5 Å². The second-order valence-electron chi connectivity index (χ2n) is 5.77. The van der Waals surface area contributed by atoms with Gasteiger partial charge in [0.1, 0.15) is 5.01 Å². The van der Waals surface area contributed by atoms with Gasteiger partial charge in [0.2, 0.25) is 0 Å². The molecule has 0 saturated carbocycles. The molecule has 1 aliphatic rings. The van der Waals surface area contributed by atoms with Crippen molar-refractivity contribution in [3.05, 3.63) is 34.2 Å². The van der Waals surface area contributed by atoms with E-state index >= 15 is 0 Å². The van der Waals surface area contributed by atoms with Gasteiger partial charge in [-0.05, 0) is 26.8 Å². The SMILES string of the molecule is CC(C)(C)NCc1nc2c(s1)CSc1ccccc1-2. The van der Waals surface area contributed by atoms with E-state index in [1.807, 2.05) is 23.1 Å². The van der Waals surface area contributed by atoms with Gasteiger partial charge in [0.15, 0.2) is 0 Å². The Labute approximate surface area is 122 Å². The van der Waals surface area contributed by atoms with Crippen LogP contribution in [0, 0.1) is 0 Å². The maximum atomic E-state index is 4.84. The van der Waals surface area contributed by atoms with Crippen molar-refractivity contribution in [2.24, 2.45) is 0 Å². The summed E-state index contributed by atoms with van der Waals surface area (Å²) in [4.78, 5) is 7.61. The van der Waals surface area contributed by atoms with E-state index in [-0.39, 0.29) is 5.54 Å². The summed E-state index contributed by atoms with van der Waals surface area (Å²) >= 11 is 3.76. The van der Waals surface area contributed by atoms with E-state index in [1.54, 1.807) is 0 Å². The molecule has 100 valence electrons. The molecule has 0 radical (unpaired) electrons. The van der Waals surface area contributed by atoms with Crippen LogP contribution in [0.1, 0.15) is 30.7 Å². The first-order valence-electron chi connectivity index (χ1n) is 6.49. The summed E-state index contributed by atoms with van der Waals surface area (Å²) in [6, 6.07) is 8.57. The molecule has 4 heteroatoms. The molecule has 0 atom stereocenters. The molecule has 2 nitrogen and oxygen atoms in total. The molecule has 1 aliphatic heterocycles. The quantitative estimate of drug-likeness (QED) is 0.892. The predicted octanol–water partition coefficient (Wildman–Crippen LogP) is 4.30. The van der Waals surface area contributed by atoms with Crippen molar-refractivity contribution in [3.8, 4) is 11.3 Å². The van der Waals surface area contributed by atoms with Gasteiger partial charge in [0.25, 0.3) is 0 Å². The molecule has 0 aliphatic carbocycles. The number of hydrogen-bond donors (Lipinski definition) is 1. The molecule has 2 aromatic rings. The predicted molar refractivity (Wildman–Crippen MR) is 83.7 cm³/mol. The molecule has 19 heavy (non-hydrogen) atoms. The average Bonchev–Trinajstić information content (AvgIpc) is 2.79. The van der Waals surface area contributed by atoms with Gasteiger partial charge < -0.3 is 5.32 Å². The van der Waals surface area contributed by atoms with Gasteiger partial charge in [-0.15, -0.1) is 23.1 Å². The number of thiazole rings is 1. The Balaban J connectivity index is 1.88. The molecule has 0 amide bonds. The first-order valence-corrected chi connectivity index (χ1v) is 8.29. The second kappa shape index (κ2) is 4.93. The van der Waals surface area contributed by atoms with Crippen molar-refractivity contribution in [3.63, 3.8) is 0 Å². The lowest BCUT2D eigenvalue weighted by atomic mass is 10.1. The smallest absolute Gasteiger partial charge is 0.107 e. The highest BCUT2D eigenvalue weighted by molar-refractivity contribution is 7.98. The van der Waals surface area contributed by atoms with E-state index in [0.717, 1.165) is 12.3 Å². The van der Waals surface area contributed by atoms with Crippen LogP contribution < -0.4 is 5.32 Å². The summed E-state index contributed by atoms with van der Waals surface area (Å²) in [7, 11) is 0. The average molecular weight is 290 g/mol. The summed E-state index contributed by atoms with van der Waals surface area (Å²) in [5.41, 5.74) is 2.64. The fraction of sp³-hybridized carbons (Fsp3) is 0.400. The minimum Gasteiger partial charge on any atom is -0.306 e. The molecule has 0 saturated heterocycles. The molecular weight excluding hydrogens is 272 g/mol. The zero-order valence-corrected chi connectivity index (χ0v) is 13.1. The van der Waals surface area contributed by atoms with E-state index < -0.39 is 0 Å². The lowest BCUT2D eigenvalue weighted by molar-refractivity contribution is 0.424. The van der Waals surface area contributed by atoms with Crippen LogP contribution in [0.3, 0.4) is 0 Å². The van der Waals surface area contributed by atoms with Gasteiger partial charge in [0.05, 0.1) is 5.69 Å². The molecule has 0 bridgehead atoms. The topological polar surface area (TPSA) is 24.9 Å². The summed E-state index contributed by atoms with van der Waals surface area (Å²) in [6.07, 6.45) is 0. The summed E-state index contributed by atoms with van der Waals surface area (Å²) in [6.45, 7) is 7.41. The first-order chi connectivity index (χ1) is 9.03. The third-order valence-corrected chi connectivity index (χ3v) is 5.35. The normalized spacial score (nSPS) is 14.1. The van der Waals surface area contributed by atoms with Crippen molar-refractivity contribution in [1.29, 1.82) is 0 Å². The van der Waals surface area contributed by atoms with E-state index in [2.05, 4.69) is 50.4 Å². The lowest BCUT2D eigenvalue weighted by Gasteiger charge is -2.19. The third-order valence-electron chi connectivity index (χ3n) is 3.01. The second-order valence-corrected chi connectivity index (χ2v) is 7.95. The minimum absolute atomic E-state index is 0.138. The number of hydrogen-bond acceptors (Lipinski definition) is 4. The molecule has 0 spiro atoms. The first kappa shape index (κ1) is 13.2. The van der Waals surface area contributed by atoms with Crippen LogP contribution in [-0.2, 0) is 12.3 Å². The largest absolute Gasteiger partial charge is 0.306 e. The van der Waals surface area contributed by atoms with E-state index in [0.29, 0.717) is 0 Å². The number of thioether (sulfide) groups is 1. The summed E-state index contributed by atoms with van der Waals surface area (Å²) < 4.78 is 0. The summed E-state index contributed by atoms with van der Waals surface area (Å²) in [5.74, 6) is 1.06. The van der Waals surface area contributed by atoms with Gasteiger partial charge in [-0.25, -0.2) is 4.98 Å². The highest BCUT2D eigenvalue weighted by atomic mass is 32.2. The van der Waals surface area contributed by atoms with Crippen LogP contribution in [0.5, 0.6) is 0 Å². The number of aromatic nitrogens is 1. The molecule has 1 aromatic heterocycles. The lowest BCUT2D eigenvalue weighted by Crippen LogP contribution is -2.34. The van der Waals surface area contributed by atoms with Crippen LogP contribution in [0.2, 0.25) is 0 Å². The fourth-order valence-electron chi connectivity index (χ4n) is 2.06. The Kier molecular flexibility index (Phi) is 3.41. The van der Waals surface area contributed by atoms with Crippen molar-refractivity contribution < 1.29 is 0 Å². The van der Waals surface area contributed by atoms with Gasteiger partial charge in [-0.3, -0.25) is 0 Å². The van der Waals surface area contributed by atoms with E-state index in [9.17, 15) is 0 Å². The van der Waals surface area contributed by atoms with Crippen molar-refractivity contribution >= 4 is 23.1 Å². The van der Waals surface area contributed by atoms with Gasteiger partial charge >= 0.3 is 0 Å². The van der Waals surface area contributed by atoms with Crippen LogP contribution in [0.25, 0.3) is 11.3 Å². The molecule has 3 rings (SSSR count). The van der Waals surface area contributed by atoms with Gasteiger partial charge in [-0.2, -0.15) is 0 Å². The van der Waals surface area contributed by atoms with E-state index in [1.165, 1.54) is 26.0 Å². The Morgan fingerprint density at radius 1 is 1.26 bits per heavy atom. The number of rotatable bonds is 2. The highest BCUT2D eigenvalue weighted by Gasteiger charge is 2.21. The Hall–Kier alpha value is -0.840. The molecule has 2 heterocycles. The van der Waals surface area contributed by atoms with Crippen molar-refractivity contribution in [2.45, 2.75) is 43.5 Å². The Bertz CT molecular complexity index is 596. The highest BCUT2D eigenvalue weighted by Crippen LogP contribution is 2.43. The van der Waals surface area contributed by atoms with Crippen LogP contribution in [0.4, 0.5) is 0 Å². The molecule has 1 aromatic carbocycles. The number of nitrogens with one attached hydrogen (secondary N) is 1. The molecule has 1 N–H and O–H groups in total. The fourth-order valence-corrected chi connectivity index (χ4v) is 4.21. The monoisotopic (exact) mass is 290 g/mol. The number of benzene rings is 1. The molecular formula is C15H18N2S2. The standard InChI is InChI=1S/C15H18N2S2/c1-15(2,3)16-8-13-17-14-10-6-4-5-7-11(10)18-9-12(14)19-13/h4-7,16H,8-9H2,1-3H3. The zero-order chi connectivity index (χ0) is 13.5. The number of fused-ring (bicyclic) bond motifs is 3. The Morgan fingerprint density at radius 2 is 2.05 bits per heavy atom. The molecule has 0 unspecified atom stereocenters. The Morgan fingerprint density at radius 3 is 2.84 bits per heavy atom. The maximum Gasteiger partial charge on any atom is 0.107 e. The maximum absolute atomic E-state index is 4.84. The third kappa shape index (κ3) is 2.86. The van der Waals surface area contributed by atoms with Crippen LogP contribution >= 0.6 is 23.1 Å². The zero-order valence-electron chi connectivity index (χ0n) is 11.5. The summed E-state index contributed by atoms with van der Waals surface area (Å²) in [5, 5.41) is 4.70. The van der Waals surface area contributed by atoms with E-state index in [4.69, 9.17) is 4.98 Å². The van der Waals surface area contributed by atoms with Gasteiger partial charge in [0, 0.05) is 33.2 Å². The van der Waals surface area contributed by atoms with Gasteiger partial charge in [-0.1, -0.05) is 18.2 Å². The molecule has 0 fully saturated rings. The van der Waals surface area contributed by atoms with Crippen molar-refractivity contribution in [2.75, 3.05) is 0 Å². The van der Waals surface area contributed by atoms with Crippen molar-refractivity contribution in [1.82, 2.24) is 10.3 Å². The van der Waals surface area contributed by atoms with Crippen LogP contribution in [0.15, 0.2) is 29.2 Å².